The Hall–Kier alpha value is -2.87. The van der Waals surface area contributed by atoms with Crippen molar-refractivity contribution in [3.05, 3.63) is 53.6 Å². The van der Waals surface area contributed by atoms with Crippen molar-refractivity contribution in [2.45, 2.75) is 83.4 Å². The van der Waals surface area contributed by atoms with Crippen LogP contribution in [0, 0.1) is 11.3 Å². The number of rotatable bonds is 10. The lowest BCUT2D eigenvalue weighted by molar-refractivity contribution is -0.157. The zero-order chi connectivity index (χ0) is 23.6. The minimum absolute atomic E-state index is 0.175. The number of alkyl halides is 1. The third-order valence-electron chi connectivity index (χ3n) is 6.30. The summed E-state index contributed by atoms with van der Waals surface area (Å²) in [6.45, 7) is 4.61. The van der Waals surface area contributed by atoms with Crippen molar-refractivity contribution in [1.82, 2.24) is 0 Å². The van der Waals surface area contributed by atoms with Crippen molar-refractivity contribution < 1.29 is 18.7 Å². The Morgan fingerprint density at radius 3 is 2.39 bits per heavy atom. The van der Waals surface area contributed by atoms with Gasteiger partial charge in [0.15, 0.2) is 6.17 Å². The van der Waals surface area contributed by atoms with Gasteiger partial charge in [-0.25, -0.2) is 9.18 Å². The Labute approximate surface area is 196 Å². The molecule has 1 aliphatic carbocycles. The fourth-order valence-electron chi connectivity index (χ4n) is 4.34. The number of nitriles is 1. The average molecular weight is 452 g/mol. The Morgan fingerprint density at radius 2 is 1.76 bits per heavy atom. The van der Waals surface area contributed by atoms with Crippen LogP contribution in [0.2, 0.25) is 0 Å². The van der Waals surface area contributed by atoms with Crippen LogP contribution in [-0.2, 0) is 9.53 Å². The number of carbonyl (C=O) groups excluding carboxylic acids is 1. The second kappa shape index (κ2) is 12.4. The minimum atomic E-state index is -1.50. The maximum atomic E-state index is 13.9. The largest absolute Gasteiger partial charge is 0.492 e. The number of carbonyl (C=O) groups is 1. The molecule has 0 radical (unpaired) electrons. The minimum Gasteiger partial charge on any atom is -0.492 e. The second-order valence-electron chi connectivity index (χ2n) is 8.81. The average Bonchev–Trinajstić information content (AvgIpc) is 2.86. The molecule has 176 valence electrons. The fourth-order valence-corrected chi connectivity index (χ4v) is 4.34. The van der Waals surface area contributed by atoms with Gasteiger partial charge in [0, 0.05) is 0 Å². The monoisotopic (exact) mass is 451 g/mol. The molecular weight excluding hydrogens is 417 g/mol. The number of ether oxygens (including phenoxy) is 2. The topological polar surface area (TPSA) is 59.3 Å². The highest BCUT2D eigenvalue weighted by Crippen LogP contribution is 2.35. The highest BCUT2D eigenvalue weighted by molar-refractivity contribution is 5.74. The molecule has 33 heavy (non-hydrogen) atoms. The Kier molecular flexibility index (Phi) is 9.30. The van der Waals surface area contributed by atoms with Gasteiger partial charge in [0.25, 0.3) is 0 Å². The van der Waals surface area contributed by atoms with E-state index in [1.807, 2.05) is 32.0 Å². The van der Waals surface area contributed by atoms with Crippen LogP contribution in [0.5, 0.6) is 5.75 Å². The van der Waals surface area contributed by atoms with Crippen LogP contribution in [0.25, 0.3) is 11.1 Å². The lowest BCUT2D eigenvalue weighted by Crippen LogP contribution is -2.28. The van der Waals surface area contributed by atoms with E-state index in [-0.39, 0.29) is 12.5 Å². The normalized spacial score (nSPS) is 18.8. The maximum Gasteiger partial charge on any atom is 0.340 e. The molecule has 2 aromatic carbocycles. The molecule has 0 saturated heterocycles. The van der Waals surface area contributed by atoms with Gasteiger partial charge in [-0.15, -0.1) is 0 Å². The molecule has 3 rings (SSSR count). The summed E-state index contributed by atoms with van der Waals surface area (Å²) in [5.41, 5.74) is 3.85. The summed E-state index contributed by atoms with van der Waals surface area (Å²) in [6, 6.07) is 16.4. The smallest absolute Gasteiger partial charge is 0.340 e. The molecule has 0 bridgehead atoms. The van der Waals surface area contributed by atoms with E-state index in [2.05, 4.69) is 30.3 Å². The van der Waals surface area contributed by atoms with Gasteiger partial charge in [-0.3, -0.25) is 0 Å². The van der Waals surface area contributed by atoms with Crippen molar-refractivity contribution in [3.63, 3.8) is 0 Å². The van der Waals surface area contributed by atoms with Gasteiger partial charge in [-0.2, -0.15) is 5.26 Å². The van der Waals surface area contributed by atoms with Gasteiger partial charge < -0.3 is 9.47 Å². The van der Waals surface area contributed by atoms with E-state index in [0.29, 0.717) is 30.3 Å². The van der Waals surface area contributed by atoms with E-state index < -0.39 is 12.1 Å². The van der Waals surface area contributed by atoms with Crippen molar-refractivity contribution in [2.75, 3.05) is 6.61 Å². The summed E-state index contributed by atoms with van der Waals surface area (Å²) in [5.74, 6) is 0.343. The van der Waals surface area contributed by atoms with Gasteiger partial charge in [0.2, 0.25) is 0 Å². The molecule has 0 amide bonds. The van der Waals surface area contributed by atoms with Crippen LogP contribution in [0.15, 0.2) is 42.5 Å². The second-order valence-corrected chi connectivity index (χ2v) is 8.81. The van der Waals surface area contributed by atoms with Crippen molar-refractivity contribution in [1.29, 1.82) is 5.26 Å². The summed E-state index contributed by atoms with van der Waals surface area (Å²) in [5, 5.41) is 9.47. The molecule has 1 atom stereocenters. The van der Waals surface area contributed by atoms with E-state index in [0.717, 1.165) is 49.7 Å². The number of unbranched alkanes of at least 4 members (excludes halogenated alkanes) is 1. The van der Waals surface area contributed by atoms with Crippen molar-refractivity contribution in [3.8, 4) is 22.9 Å². The van der Waals surface area contributed by atoms with E-state index in [1.54, 1.807) is 0 Å². The molecule has 1 aliphatic rings. The molecule has 0 aromatic heterocycles. The molecule has 0 spiro atoms. The summed E-state index contributed by atoms with van der Waals surface area (Å²) < 4.78 is 25.0. The quantitative estimate of drug-likeness (QED) is 0.361. The van der Waals surface area contributed by atoms with E-state index in [1.165, 1.54) is 5.56 Å². The molecule has 2 aromatic rings. The van der Waals surface area contributed by atoms with Gasteiger partial charge in [0.1, 0.15) is 17.9 Å². The van der Waals surface area contributed by atoms with Gasteiger partial charge >= 0.3 is 5.97 Å². The summed E-state index contributed by atoms with van der Waals surface area (Å²) in [7, 11) is 0. The number of hydrogen-bond donors (Lipinski definition) is 0. The Morgan fingerprint density at radius 1 is 1.06 bits per heavy atom. The van der Waals surface area contributed by atoms with Crippen LogP contribution in [0.1, 0.15) is 82.3 Å². The first-order chi connectivity index (χ1) is 16.0. The zero-order valence-electron chi connectivity index (χ0n) is 19.7. The molecular formula is C28H34FNO3. The molecule has 0 unspecified atom stereocenters. The maximum absolute atomic E-state index is 13.9. The van der Waals surface area contributed by atoms with Crippen molar-refractivity contribution in [2.24, 2.45) is 0 Å². The first-order valence-electron chi connectivity index (χ1n) is 12.2. The van der Waals surface area contributed by atoms with E-state index in [4.69, 9.17) is 9.47 Å². The van der Waals surface area contributed by atoms with E-state index >= 15 is 0 Å². The van der Waals surface area contributed by atoms with Crippen LogP contribution in [0.4, 0.5) is 4.39 Å². The van der Waals surface area contributed by atoms with E-state index in [9.17, 15) is 14.4 Å². The highest BCUT2D eigenvalue weighted by Gasteiger charge is 2.27. The summed E-state index contributed by atoms with van der Waals surface area (Å²) in [4.78, 5) is 11.9. The number of nitrogens with zero attached hydrogens (tertiary/aromatic N) is 1. The number of hydrogen-bond acceptors (Lipinski definition) is 4. The van der Waals surface area contributed by atoms with Crippen LogP contribution < -0.4 is 4.74 Å². The first-order valence-corrected chi connectivity index (χ1v) is 12.2. The first kappa shape index (κ1) is 24.8. The third-order valence-corrected chi connectivity index (χ3v) is 6.30. The summed E-state index contributed by atoms with van der Waals surface area (Å²) in [6.07, 6.45) is 4.43. The van der Waals surface area contributed by atoms with Crippen LogP contribution >= 0.6 is 0 Å². The zero-order valence-corrected chi connectivity index (χ0v) is 19.7. The summed E-state index contributed by atoms with van der Waals surface area (Å²) >= 11 is 0. The van der Waals surface area contributed by atoms with Gasteiger partial charge in [0.05, 0.1) is 12.2 Å². The number of esters is 1. The third kappa shape index (κ3) is 6.81. The number of halogens is 1. The number of benzene rings is 2. The molecule has 5 heteroatoms. The highest BCUT2D eigenvalue weighted by atomic mass is 19.1. The lowest BCUT2D eigenvalue weighted by atomic mass is 9.82. The molecule has 0 N–H and O–H groups in total. The molecule has 0 heterocycles. The van der Waals surface area contributed by atoms with Gasteiger partial charge in [-0.1, -0.05) is 57.0 Å². The SMILES string of the molecule is CCCC[C@H](F)C(=O)OC1CCC(c2ccc(-c3ccc(OCCC)c(C#N)c3)cc2)CC1. The predicted molar refractivity (Wildman–Crippen MR) is 128 cm³/mol. The molecule has 1 saturated carbocycles. The Bertz CT molecular complexity index is 943. The van der Waals surface area contributed by atoms with Crippen molar-refractivity contribution >= 4 is 5.97 Å². The molecule has 0 aliphatic heterocycles. The molecule has 1 fully saturated rings. The fraction of sp³-hybridized carbons (Fsp3) is 0.500. The van der Waals surface area contributed by atoms with Crippen LogP contribution in [0.3, 0.4) is 0 Å². The van der Waals surface area contributed by atoms with Gasteiger partial charge in [-0.05, 0) is 73.3 Å². The lowest BCUT2D eigenvalue weighted by Gasteiger charge is -2.29. The standard InChI is InChI=1S/C28H34FNO3/c1-3-5-6-26(29)28(31)33-25-14-11-21(12-15-25)20-7-9-22(10-8-20)23-13-16-27(32-17-4-2)24(18-23)19-30/h7-10,13,16,18,21,25-26H,3-6,11-12,14-15,17H2,1-2H3/t21?,25?,26-/m0/s1. The van der Waals surface area contributed by atoms with Crippen LogP contribution in [-0.4, -0.2) is 24.9 Å². The predicted octanol–water partition coefficient (Wildman–Crippen LogP) is 7.11. The Balaban J connectivity index is 1.56. The molecule has 4 nitrogen and oxygen atoms in total.